The van der Waals surface area contributed by atoms with Crippen molar-refractivity contribution in [2.75, 3.05) is 18.5 Å². The van der Waals surface area contributed by atoms with Crippen LogP contribution in [0.4, 0.5) is 5.95 Å². The second-order valence-electron chi connectivity index (χ2n) is 4.49. The molecule has 1 fully saturated rings. The fourth-order valence-electron chi connectivity index (χ4n) is 2.12. The van der Waals surface area contributed by atoms with Crippen molar-refractivity contribution in [2.24, 2.45) is 0 Å². The Kier molecular flexibility index (Phi) is 4.00. The minimum atomic E-state index is 0.438. The van der Waals surface area contributed by atoms with Crippen molar-refractivity contribution in [3.8, 4) is 0 Å². The Morgan fingerprint density at radius 1 is 1.42 bits per heavy atom. The molecule has 2 N–H and O–H groups in total. The van der Waals surface area contributed by atoms with E-state index in [0.29, 0.717) is 18.4 Å². The molecule has 0 saturated carbocycles. The molecular weight excluding hydrogens is 284 g/mol. The number of anilines is 1. The van der Waals surface area contributed by atoms with Gasteiger partial charge in [-0.3, -0.25) is 5.10 Å². The molecule has 0 atom stereocenters. The monoisotopic (exact) mass is 298 g/mol. The summed E-state index contributed by atoms with van der Waals surface area (Å²) >= 11 is 7.45. The van der Waals surface area contributed by atoms with Crippen LogP contribution < -0.4 is 5.32 Å². The molecule has 0 radical (unpaired) electrons. The van der Waals surface area contributed by atoms with Crippen LogP contribution in [0.5, 0.6) is 0 Å². The van der Waals surface area contributed by atoms with Gasteiger partial charge in [-0.05, 0) is 25.0 Å². The number of hydrogen-bond donors (Lipinski definition) is 2. The van der Waals surface area contributed by atoms with Crippen molar-refractivity contribution in [3.63, 3.8) is 0 Å². The zero-order valence-electron chi connectivity index (χ0n) is 10.4. The first-order valence-electron chi connectivity index (χ1n) is 6.29. The number of aromatic amines is 1. The third-order valence-corrected chi connectivity index (χ3v) is 4.39. The Hall–Kier alpha value is -1.11. The van der Waals surface area contributed by atoms with Crippen LogP contribution in [0.15, 0.2) is 12.1 Å². The van der Waals surface area contributed by atoms with Gasteiger partial charge < -0.3 is 10.1 Å². The van der Waals surface area contributed by atoms with Gasteiger partial charge >= 0.3 is 0 Å². The van der Waals surface area contributed by atoms with Crippen LogP contribution in [0.25, 0.3) is 0 Å². The van der Waals surface area contributed by atoms with E-state index in [0.717, 1.165) is 36.2 Å². The quantitative estimate of drug-likeness (QED) is 0.911. The van der Waals surface area contributed by atoms with Crippen molar-refractivity contribution in [2.45, 2.75) is 25.3 Å². The molecule has 0 unspecified atom stereocenters. The molecule has 7 heteroatoms. The van der Waals surface area contributed by atoms with E-state index in [4.69, 9.17) is 16.3 Å². The van der Waals surface area contributed by atoms with Gasteiger partial charge in [0.25, 0.3) is 0 Å². The number of nitrogens with zero attached hydrogens (tertiary/aromatic N) is 2. The summed E-state index contributed by atoms with van der Waals surface area (Å²) in [6, 6.07) is 3.90. The highest BCUT2D eigenvalue weighted by Gasteiger charge is 2.19. The lowest BCUT2D eigenvalue weighted by Gasteiger charge is -2.19. The minimum Gasteiger partial charge on any atom is -0.381 e. The Morgan fingerprint density at radius 2 is 2.26 bits per heavy atom. The van der Waals surface area contributed by atoms with Gasteiger partial charge in [-0.1, -0.05) is 11.6 Å². The van der Waals surface area contributed by atoms with E-state index >= 15 is 0 Å². The van der Waals surface area contributed by atoms with Gasteiger partial charge in [-0.15, -0.1) is 16.4 Å². The fourth-order valence-corrected chi connectivity index (χ4v) is 3.15. The van der Waals surface area contributed by atoms with Crippen molar-refractivity contribution in [1.82, 2.24) is 15.2 Å². The molecule has 1 saturated heterocycles. The third kappa shape index (κ3) is 3.26. The van der Waals surface area contributed by atoms with Crippen LogP contribution in [0, 0.1) is 0 Å². The summed E-state index contributed by atoms with van der Waals surface area (Å²) in [6.45, 7) is 2.31. The number of nitrogens with one attached hydrogen (secondary N) is 2. The summed E-state index contributed by atoms with van der Waals surface area (Å²) in [5.41, 5.74) is 0. The zero-order chi connectivity index (χ0) is 13.1. The molecule has 0 bridgehead atoms. The normalized spacial score (nSPS) is 16.7. The predicted octanol–water partition coefficient (Wildman–Crippen LogP) is 3.03. The van der Waals surface area contributed by atoms with E-state index in [-0.39, 0.29) is 0 Å². The van der Waals surface area contributed by atoms with Crippen LogP contribution >= 0.6 is 22.9 Å². The van der Waals surface area contributed by atoms with Gasteiger partial charge in [0.05, 0.1) is 10.9 Å². The van der Waals surface area contributed by atoms with Crippen LogP contribution in [-0.2, 0) is 11.3 Å². The molecule has 5 nitrogen and oxygen atoms in total. The third-order valence-electron chi connectivity index (χ3n) is 3.16. The molecule has 102 valence electrons. The molecule has 19 heavy (non-hydrogen) atoms. The second-order valence-corrected chi connectivity index (χ2v) is 6.29. The van der Waals surface area contributed by atoms with Gasteiger partial charge in [0.1, 0.15) is 5.82 Å². The van der Waals surface area contributed by atoms with E-state index in [1.807, 2.05) is 12.1 Å². The highest BCUT2D eigenvalue weighted by atomic mass is 35.5. The minimum absolute atomic E-state index is 0.438. The SMILES string of the molecule is Clc1ccc(CNc2n[nH]c(C3CCOCC3)n2)s1. The Balaban J connectivity index is 1.58. The maximum absolute atomic E-state index is 5.89. The maximum Gasteiger partial charge on any atom is 0.242 e. The smallest absolute Gasteiger partial charge is 0.242 e. The Morgan fingerprint density at radius 3 is 3.00 bits per heavy atom. The average Bonchev–Trinajstić information content (AvgIpc) is 3.06. The lowest BCUT2D eigenvalue weighted by atomic mass is 10.00. The number of hydrogen-bond acceptors (Lipinski definition) is 5. The molecule has 3 rings (SSSR count). The van der Waals surface area contributed by atoms with E-state index < -0.39 is 0 Å². The van der Waals surface area contributed by atoms with Crippen molar-refractivity contribution >= 4 is 28.9 Å². The molecule has 0 amide bonds. The fraction of sp³-hybridized carbons (Fsp3) is 0.500. The molecule has 2 aromatic rings. The van der Waals surface area contributed by atoms with Crippen LogP contribution in [0.3, 0.4) is 0 Å². The molecular formula is C12H15ClN4OS. The summed E-state index contributed by atoms with van der Waals surface area (Å²) < 4.78 is 6.15. The summed E-state index contributed by atoms with van der Waals surface area (Å²) in [7, 11) is 0. The number of ether oxygens (including phenoxy) is 1. The molecule has 0 spiro atoms. The molecule has 3 heterocycles. The van der Waals surface area contributed by atoms with Gasteiger partial charge in [0.2, 0.25) is 5.95 Å². The first-order chi connectivity index (χ1) is 9.31. The first-order valence-corrected chi connectivity index (χ1v) is 7.49. The highest BCUT2D eigenvalue weighted by molar-refractivity contribution is 7.16. The van der Waals surface area contributed by atoms with Crippen LogP contribution in [0.1, 0.15) is 29.5 Å². The number of rotatable bonds is 4. The standard InChI is InChI=1S/C12H15ClN4OS/c13-10-2-1-9(19-10)7-14-12-15-11(16-17-12)8-3-5-18-6-4-8/h1-2,8H,3-7H2,(H2,14,15,16,17). The van der Waals surface area contributed by atoms with Crippen LogP contribution in [-0.4, -0.2) is 28.4 Å². The second kappa shape index (κ2) is 5.90. The number of H-pyrrole nitrogens is 1. The molecule has 0 aromatic carbocycles. The van der Waals surface area contributed by atoms with Crippen molar-refractivity contribution < 1.29 is 4.74 Å². The number of halogens is 1. The van der Waals surface area contributed by atoms with Crippen molar-refractivity contribution in [3.05, 3.63) is 27.2 Å². The van der Waals surface area contributed by atoms with E-state index in [1.165, 1.54) is 4.88 Å². The number of aromatic nitrogens is 3. The largest absolute Gasteiger partial charge is 0.381 e. The van der Waals surface area contributed by atoms with Gasteiger partial charge in [-0.2, -0.15) is 4.98 Å². The zero-order valence-corrected chi connectivity index (χ0v) is 11.9. The topological polar surface area (TPSA) is 62.8 Å². The lowest BCUT2D eigenvalue weighted by Crippen LogP contribution is -2.15. The maximum atomic E-state index is 5.89. The number of thiophene rings is 1. The van der Waals surface area contributed by atoms with Gasteiger partial charge in [0.15, 0.2) is 0 Å². The molecule has 0 aliphatic carbocycles. The Bertz CT molecular complexity index is 535. The van der Waals surface area contributed by atoms with E-state index in [9.17, 15) is 0 Å². The van der Waals surface area contributed by atoms with E-state index in [2.05, 4.69) is 20.5 Å². The highest BCUT2D eigenvalue weighted by Crippen LogP contribution is 2.25. The first kappa shape index (κ1) is 12.9. The molecule has 1 aliphatic heterocycles. The van der Waals surface area contributed by atoms with Gasteiger partial charge in [0, 0.05) is 24.0 Å². The molecule has 1 aliphatic rings. The van der Waals surface area contributed by atoms with Crippen LogP contribution in [0.2, 0.25) is 4.34 Å². The molecule has 2 aromatic heterocycles. The van der Waals surface area contributed by atoms with Gasteiger partial charge in [-0.25, -0.2) is 0 Å². The lowest BCUT2D eigenvalue weighted by molar-refractivity contribution is 0.0836. The van der Waals surface area contributed by atoms with E-state index in [1.54, 1.807) is 11.3 Å². The predicted molar refractivity (Wildman–Crippen MR) is 75.8 cm³/mol. The Labute approximate surface area is 120 Å². The van der Waals surface area contributed by atoms with Crippen molar-refractivity contribution in [1.29, 1.82) is 0 Å². The summed E-state index contributed by atoms with van der Waals surface area (Å²) in [5, 5.41) is 10.4. The summed E-state index contributed by atoms with van der Waals surface area (Å²) in [6.07, 6.45) is 2.02. The average molecular weight is 299 g/mol. The summed E-state index contributed by atoms with van der Waals surface area (Å²) in [4.78, 5) is 5.66. The summed E-state index contributed by atoms with van der Waals surface area (Å²) in [5.74, 6) is 2.04.